The van der Waals surface area contributed by atoms with Crippen LogP contribution in [0, 0.1) is 0 Å². The van der Waals surface area contributed by atoms with Gasteiger partial charge in [0.05, 0.1) is 18.3 Å². The maximum absolute atomic E-state index is 13.5. The molecule has 40 heavy (non-hydrogen) atoms. The first-order valence-electron chi connectivity index (χ1n) is 13.6. The number of para-hydroxylation sites is 1. The molecule has 1 heterocycles. The number of benzene rings is 3. The molecule has 7 heteroatoms. The van der Waals surface area contributed by atoms with Crippen molar-refractivity contribution in [3.05, 3.63) is 83.6 Å². The van der Waals surface area contributed by atoms with Crippen LogP contribution in [0.4, 0.5) is 10.5 Å². The first-order valence-corrected chi connectivity index (χ1v) is 13.6. The lowest BCUT2D eigenvalue weighted by atomic mass is 9.86. The number of carboxylic acid groups (broad SMARTS) is 1. The molecule has 0 aliphatic heterocycles. The smallest absolute Gasteiger partial charge is 0.353 e. The number of aromatic nitrogens is 1. The fourth-order valence-corrected chi connectivity index (χ4v) is 5.38. The Morgan fingerprint density at radius 1 is 1.00 bits per heavy atom. The molecular weight excluding hydrogens is 502 g/mol. The van der Waals surface area contributed by atoms with Crippen LogP contribution in [-0.2, 0) is 12.0 Å². The quantitative estimate of drug-likeness (QED) is 0.274. The summed E-state index contributed by atoms with van der Waals surface area (Å²) < 4.78 is 7.26. The summed E-state index contributed by atoms with van der Waals surface area (Å²) in [6.45, 7) is 6.76. The summed E-state index contributed by atoms with van der Waals surface area (Å²) in [6.07, 6.45) is 2.01. The largest absolute Gasteiger partial charge is 0.497 e. The molecule has 1 fully saturated rings. The Labute approximate surface area is 235 Å². The molecule has 1 saturated carbocycles. The molecule has 1 N–H and O–H groups in total. The van der Waals surface area contributed by atoms with Gasteiger partial charge in [0.15, 0.2) is 0 Å². The molecule has 0 atom stereocenters. The van der Waals surface area contributed by atoms with Gasteiger partial charge >= 0.3 is 12.0 Å². The summed E-state index contributed by atoms with van der Waals surface area (Å²) >= 11 is 0. The number of anilines is 1. The van der Waals surface area contributed by atoms with E-state index in [0.29, 0.717) is 29.1 Å². The third kappa shape index (κ3) is 5.04. The third-order valence-electron chi connectivity index (χ3n) is 7.82. The highest BCUT2D eigenvalue weighted by molar-refractivity contribution is 6.13. The van der Waals surface area contributed by atoms with Crippen LogP contribution >= 0.6 is 0 Å². The number of aromatic carboxylic acids is 1. The van der Waals surface area contributed by atoms with Crippen molar-refractivity contribution in [2.75, 3.05) is 26.1 Å². The lowest BCUT2D eigenvalue weighted by molar-refractivity contribution is 0.0687. The number of amides is 2. The molecule has 0 spiro atoms. The van der Waals surface area contributed by atoms with E-state index in [0.717, 1.165) is 29.4 Å². The first kappa shape index (κ1) is 27.3. The van der Waals surface area contributed by atoms with Gasteiger partial charge in [-0.1, -0.05) is 69.3 Å². The van der Waals surface area contributed by atoms with Crippen molar-refractivity contribution in [2.45, 2.75) is 51.6 Å². The van der Waals surface area contributed by atoms with Crippen molar-refractivity contribution in [1.82, 2.24) is 9.47 Å². The van der Waals surface area contributed by atoms with E-state index in [2.05, 4.69) is 32.9 Å². The highest BCUT2D eigenvalue weighted by atomic mass is 16.5. The topological polar surface area (TPSA) is 75.0 Å². The fraction of sp³-hybridized carbons (Fsp3) is 0.333. The average Bonchev–Trinajstić information content (AvgIpc) is 3.74. The van der Waals surface area contributed by atoms with Crippen LogP contribution in [0.3, 0.4) is 0 Å². The Hall–Kier alpha value is -4.26. The van der Waals surface area contributed by atoms with E-state index in [1.807, 2.05) is 66.2 Å². The van der Waals surface area contributed by atoms with Crippen LogP contribution in [0.2, 0.25) is 0 Å². The van der Waals surface area contributed by atoms with Crippen LogP contribution < -0.4 is 9.64 Å². The van der Waals surface area contributed by atoms with Crippen molar-refractivity contribution in [3.8, 4) is 16.9 Å². The van der Waals surface area contributed by atoms with E-state index >= 15 is 0 Å². The summed E-state index contributed by atoms with van der Waals surface area (Å²) in [5.74, 6) is -0.327. The number of fused-ring (bicyclic) bond motifs is 1. The minimum atomic E-state index is -1.02. The van der Waals surface area contributed by atoms with E-state index < -0.39 is 5.97 Å². The summed E-state index contributed by atoms with van der Waals surface area (Å²) in [7, 11) is 5.20. The molecule has 3 aromatic carbocycles. The van der Waals surface area contributed by atoms with E-state index in [-0.39, 0.29) is 23.2 Å². The van der Waals surface area contributed by atoms with Gasteiger partial charge in [0, 0.05) is 37.6 Å². The number of hydrogen-bond acceptors (Lipinski definition) is 3. The summed E-state index contributed by atoms with van der Waals surface area (Å²) in [5.41, 5.74) is 5.05. The molecule has 1 aliphatic rings. The zero-order valence-electron chi connectivity index (χ0n) is 24.1. The summed E-state index contributed by atoms with van der Waals surface area (Å²) in [4.78, 5) is 29.9. The predicted molar refractivity (Wildman–Crippen MR) is 160 cm³/mol. The Bertz CT molecular complexity index is 1580. The van der Waals surface area contributed by atoms with Crippen molar-refractivity contribution in [3.63, 3.8) is 0 Å². The molecule has 7 nitrogen and oxygen atoms in total. The van der Waals surface area contributed by atoms with Gasteiger partial charge in [0.1, 0.15) is 11.4 Å². The molecular formula is C33H37N3O4. The zero-order chi connectivity index (χ0) is 28.8. The number of methoxy groups -OCH3 is 1. The Balaban J connectivity index is 1.76. The van der Waals surface area contributed by atoms with Crippen LogP contribution in [0.25, 0.3) is 22.0 Å². The monoisotopic (exact) mass is 539 g/mol. The number of carbonyl (C=O) groups excluding carboxylic acids is 1. The van der Waals surface area contributed by atoms with E-state index in [1.54, 1.807) is 24.0 Å². The van der Waals surface area contributed by atoms with Crippen LogP contribution in [0.15, 0.2) is 66.7 Å². The number of hydrogen-bond donors (Lipinski definition) is 1. The summed E-state index contributed by atoms with van der Waals surface area (Å²) in [5, 5.41) is 11.4. The van der Waals surface area contributed by atoms with Crippen LogP contribution in [0.1, 0.15) is 55.2 Å². The summed E-state index contributed by atoms with van der Waals surface area (Å²) in [6, 6.07) is 21.6. The van der Waals surface area contributed by atoms with Crippen molar-refractivity contribution in [2.24, 2.45) is 0 Å². The van der Waals surface area contributed by atoms with Gasteiger partial charge in [-0.2, -0.15) is 0 Å². The molecule has 0 radical (unpaired) electrons. The SMILES string of the molecule is COc1cccc(Cn2c(C(=O)O)c(-c3ccc(C(C)(C)C)cc3)c3cccc(N(C)C(=O)N(C)C4CC4)c32)c1. The Kier molecular flexibility index (Phi) is 7.08. The van der Waals surface area contributed by atoms with Gasteiger partial charge in [-0.3, -0.25) is 4.90 Å². The number of rotatable bonds is 7. The lowest BCUT2D eigenvalue weighted by Crippen LogP contribution is -2.40. The number of nitrogens with zero attached hydrogens (tertiary/aromatic N) is 3. The number of ether oxygens (including phenoxy) is 1. The molecule has 0 unspecified atom stereocenters. The number of carbonyl (C=O) groups is 2. The van der Waals surface area contributed by atoms with Gasteiger partial charge in [-0.05, 0) is 53.1 Å². The Morgan fingerprint density at radius 2 is 1.68 bits per heavy atom. The van der Waals surface area contributed by atoms with Crippen molar-refractivity contribution >= 4 is 28.6 Å². The van der Waals surface area contributed by atoms with E-state index in [1.165, 1.54) is 5.56 Å². The van der Waals surface area contributed by atoms with Gasteiger partial charge in [-0.25, -0.2) is 9.59 Å². The molecule has 5 rings (SSSR count). The number of urea groups is 1. The van der Waals surface area contributed by atoms with Crippen molar-refractivity contribution in [1.29, 1.82) is 0 Å². The molecule has 4 aromatic rings. The molecule has 1 aromatic heterocycles. The van der Waals surface area contributed by atoms with Gasteiger partial charge in [0.2, 0.25) is 0 Å². The zero-order valence-corrected chi connectivity index (χ0v) is 24.1. The first-order chi connectivity index (χ1) is 19.0. The average molecular weight is 540 g/mol. The van der Waals surface area contributed by atoms with Gasteiger partial charge in [-0.15, -0.1) is 0 Å². The predicted octanol–water partition coefficient (Wildman–Crippen LogP) is 7.01. The Morgan fingerprint density at radius 3 is 2.27 bits per heavy atom. The van der Waals surface area contributed by atoms with Crippen LogP contribution in [-0.4, -0.2) is 53.8 Å². The van der Waals surface area contributed by atoms with Crippen LogP contribution in [0.5, 0.6) is 5.75 Å². The maximum atomic E-state index is 13.5. The molecule has 0 bridgehead atoms. The van der Waals surface area contributed by atoms with E-state index in [4.69, 9.17) is 4.74 Å². The van der Waals surface area contributed by atoms with E-state index in [9.17, 15) is 14.7 Å². The highest BCUT2D eigenvalue weighted by Crippen LogP contribution is 2.41. The second-order valence-electron chi connectivity index (χ2n) is 11.7. The third-order valence-corrected chi connectivity index (χ3v) is 7.82. The lowest BCUT2D eigenvalue weighted by Gasteiger charge is -2.26. The normalized spacial score (nSPS) is 13.3. The maximum Gasteiger partial charge on any atom is 0.353 e. The van der Waals surface area contributed by atoms with Crippen molar-refractivity contribution < 1.29 is 19.4 Å². The molecule has 208 valence electrons. The highest BCUT2D eigenvalue weighted by Gasteiger charge is 2.33. The van der Waals surface area contributed by atoms with Gasteiger partial charge < -0.3 is 19.3 Å². The molecule has 2 amide bonds. The second-order valence-corrected chi connectivity index (χ2v) is 11.7. The minimum absolute atomic E-state index is 0.0294. The second kappa shape index (κ2) is 10.4. The standard InChI is InChI=1S/C33H37N3O4/c1-33(2,3)23-15-13-22(14-16-23)28-26-11-8-12-27(35(5)32(39)34(4)24-17-18-24)29(26)36(30(28)31(37)38)20-21-9-7-10-25(19-21)40-6/h7-16,19,24H,17-18,20H2,1-6H3,(H,37,38). The minimum Gasteiger partial charge on any atom is -0.497 e. The molecule has 1 aliphatic carbocycles. The number of carboxylic acids is 1. The fourth-order valence-electron chi connectivity index (χ4n) is 5.38. The van der Waals surface area contributed by atoms with Gasteiger partial charge in [0.25, 0.3) is 0 Å². The molecule has 0 saturated heterocycles.